The zero-order valence-corrected chi connectivity index (χ0v) is 16.7. The van der Waals surface area contributed by atoms with Crippen LogP contribution in [-0.2, 0) is 18.4 Å². The summed E-state index contributed by atoms with van der Waals surface area (Å²) in [7, 11) is 1.86. The molecule has 10 heteroatoms. The second-order valence-corrected chi connectivity index (χ2v) is 8.06. The Balaban J connectivity index is 1.45. The molecule has 2 unspecified atom stereocenters. The highest BCUT2D eigenvalue weighted by Crippen LogP contribution is 2.30. The number of hydrogen-bond donors (Lipinski definition) is 1. The Morgan fingerprint density at radius 3 is 3.11 bits per heavy atom. The Morgan fingerprint density at radius 1 is 1.50 bits per heavy atom. The first-order chi connectivity index (χ1) is 13.4. The van der Waals surface area contributed by atoms with Gasteiger partial charge in [0.2, 0.25) is 11.9 Å². The first-order valence-corrected chi connectivity index (χ1v) is 9.82. The predicted molar refractivity (Wildman–Crippen MR) is 104 cm³/mol. The molecule has 1 fully saturated rings. The lowest BCUT2D eigenvalue weighted by Crippen LogP contribution is -2.28. The Labute approximate surface area is 165 Å². The van der Waals surface area contributed by atoms with Gasteiger partial charge in [-0.1, -0.05) is 11.3 Å². The number of aryl methyl sites for hydroxylation is 1. The molecule has 0 saturated carbocycles. The minimum atomic E-state index is -0.531. The van der Waals surface area contributed by atoms with Crippen molar-refractivity contribution in [1.29, 1.82) is 0 Å². The van der Waals surface area contributed by atoms with Crippen molar-refractivity contribution in [2.75, 3.05) is 11.9 Å². The first-order valence-electron chi connectivity index (χ1n) is 9.01. The quantitative estimate of drug-likeness (QED) is 0.704. The van der Waals surface area contributed by atoms with Crippen LogP contribution < -0.4 is 10.1 Å². The molecule has 3 aromatic heterocycles. The van der Waals surface area contributed by atoms with Gasteiger partial charge >= 0.3 is 0 Å². The molecular formula is C18H21FN6O2S. The molecule has 1 saturated heterocycles. The molecule has 1 amide bonds. The summed E-state index contributed by atoms with van der Waals surface area (Å²) >= 11 is 1.17. The fourth-order valence-electron chi connectivity index (χ4n) is 3.52. The number of ether oxygens (including phenoxy) is 1. The van der Waals surface area contributed by atoms with Gasteiger partial charge in [-0.15, -0.1) is 0 Å². The summed E-state index contributed by atoms with van der Waals surface area (Å²) in [6.07, 6.45) is 4.25. The number of fused-ring (bicyclic) bond motifs is 1. The molecule has 1 N–H and O–H groups in total. The van der Waals surface area contributed by atoms with Gasteiger partial charge in [-0.05, 0) is 6.92 Å². The van der Waals surface area contributed by atoms with Gasteiger partial charge in [0.05, 0.1) is 11.1 Å². The van der Waals surface area contributed by atoms with Crippen LogP contribution in [0.5, 0.6) is 5.75 Å². The van der Waals surface area contributed by atoms with E-state index in [1.54, 1.807) is 17.1 Å². The Kier molecular flexibility index (Phi) is 4.98. The number of anilines is 1. The molecule has 28 heavy (non-hydrogen) atoms. The molecule has 4 rings (SSSR count). The third-order valence-electron chi connectivity index (χ3n) is 4.83. The topological polar surface area (TPSA) is 85.2 Å². The van der Waals surface area contributed by atoms with Crippen LogP contribution in [0.25, 0.3) is 11.0 Å². The monoisotopic (exact) mass is 404 g/mol. The van der Waals surface area contributed by atoms with Gasteiger partial charge in [-0.2, -0.15) is 14.5 Å². The smallest absolute Gasteiger partial charge is 0.230 e. The number of likely N-dealkylation sites (tertiary alicyclic amines) is 1. The molecule has 0 aromatic carbocycles. The molecule has 0 spiro atoms. The molecule has 148 valence electrons. The van der Waals surface area contributed by atoms with Crippen LogP contribution in [0.3, 0.4) is 0 Å². The maximum Gasteiger partial charge on any atom is 0.230 e. The van der Waals surface area contributed by atoms with Gasteiger partial charge in [0, 0.05) is 51.8 Å². The van der Waals surface area contributed by atoms with E-state index in [4.69, 9.17) is 4.74 Å². The van der Waals surface area contributed by atoms with Gasteiger partial charge in [0.1, 0.15) is 22.9 Å². The molecule has 0 aliphatic carbocycles. The van der Waals surface area contributed by atoms with Crippen molar-refractivity contribution < 1.29 is 13.9 Å². The number of amides is 1. The summed E-state index contributed by atoms with van der Waals surface area (Å²) in [6, 6.07) is 2.08. The molecule has 1 aliphatic heterocycles. The van der Waals surface area contributed by atoms with E-state index >= 15 is 0 Å². The van der Waals surface area contributed by atoms with Crippen LogP contribution in [0.2, 0.25) is 0 Å². The largest absolute Gasteiger partial charge is 0.487 e. The number of nitrogens with one attached hydrogen (secondary N) is 1. The summed E-state index contributed by atoms with van der Waals surface area (Å²) < 4.78 is 22.1. The summed E-state index contributed by atoms with van der Waals surface area (Å²) in [6.45, 7) is 4.59. The lowest BCUT2D eigenvalue weighted by molar-refractivity contribution is -0.114. The minimum Gasteiger partial charge on any atom is -0.487 e. The average molecular weight is 404 g/mol. The van der Waals surface area contributed by atoms with Crippen LogP contribution in [0, 0.1) is 5.95 Å². The fourth-order valence-corrected chi connectivity index (χ4v) is 4.43. The van der Waals surface area contributed by atoms with Gasteiger partial charge < -0.3 is 10.1 Å². The number of nitrogens with zero attached hydrogens (tertiary/aromatic N) is 5. The standard InChI is InChI=1S/C18H21FN6O2S/c1-10-6-12(27-14-4-5-20-13-7-21-24(3)16(13)14)8-25(10)9-15-17(19)23-18(28-15)22-11(2)26/h4-5,7,10,12H,6,8-9H2,1-3H3,(H,22,23,26). The van der Waals surface area contributed by atoms with Crippen molar-refractivity contribution in [3.05, 3.63) is 29.3 Å². The van der Waals surface area contributed by atoms with E-state index in [1.807, 2.05) is 13.1 Å². The third-order valence-corrected chi connectivity index (χ3v) is 5.76. The Bertz CT molecular complexity index is 1020. The number of pyridine rings is 1. The zero-order valence-electron chi connectivity index (χ0n) is 15.8. The average Bonchev–Trinajstić information content (AvgIpc) is 3.27. The lowest BCUT2D eigenvalue weighted by Gasteiger charge is -2.19. The van der Waals surface area contributed by atoms with Crippen LogP contribution in [0.15, 0.2) is 18.5 Å². The summed E-state index contributed by atoms with van der Waals surface area (Å²) in [5.41, 5.74) is 1.65. The lowest BCUT2D eigenvalue weighted by atomic mass is 10.2. The normalized spacial score (nSPS) is 20.0. The van der Waals surface area contributed by atoms with E-state index in [0.717, 1.165) is 23.2 Å². The molecule has 2 atom stereocenters. The molecule has 0 bridgehead atoms. The van der Waals surface area contributed by atoms with E-state index < -0.39 is 5.95 Å². The summed E-state index contributed by atoms with van der Waals surface area (Å²) in [4.78, 5) is 21.9. The minimum absolute atomic E-state index is 0.0127. The molecule has 3 aromatic rings. The number of halogens is 1. The van der Waals surface area contributed by atoms with Crippen molar-refractivity contribution in [2.45, 2.75) is 39.0 Å². The predicted octanol–water partition coefficient (Wildman–Crippen LogP) is 2.56. The van der Waals surface area contributed by atoms with Crippen LogP contribution in [-0.4, -0.2) is 49.2 Å². The maximum absolute atomic E-state index is 14.1. The number of rotatable bonds is 5. The highest BCUT2D eigenvalue weighted by Gasteiger charge is 2.32. The van der Waals surface area contributed by atoms with Gasteiger partial charge in [0.15, 0.2) is 5.13 Å². The molecule has 4 heterocycles. The highest BCUT2D eigenvalue weighted by molar-refractivity contribution is 7.15. The maximum atomic E-state index is 14.1. The number of aromatic nitrogens is 4. The van der Waals surface area contributed by atoms with E-state index in [-0.39, 0.29) is 23.2 Å². The van der Waals surface area contributed by atoms with Crippen molar-refractivity contribution in [3.63, 3.8) is 0 Å². The van der Waals surface area contributed by atoms with Gasteiger partial charge in [-0.3, -0.25) is 19.4 Å². The molecule has 8 nitrogen and oxygen atoms in total. The number of carbonyl (C=O) groups excluding carboxylic acids is 1. The molecule has 1 aliphatic rings. The number of carbonyl (C=O) groups is 1. The van der Waals surface area contributed by atoms with E-state index in [2.05, 4.69) is 32.2 Å². The fraction of sp³-hybridized carbons (Fsp3) is 0.444. The van der Waals surface area contributed by atoms with Gasteiger partial charge in [-0.25, -0.2) is 0 Å². The van der Waals surface area contributed by atoms with E-state index in [1.165, 1.54) is 18.3 Å². The van der Waals surface area contributed by atoms with Crippen molar-refractivity contribution in [1.82, 2.24) is 24.6 Å². The first kappa shape index (κ1) is 18.8. The van der Waals surface area contributed by atoms with Crippen molar-refractivity contribution in [2.24, 2.45) is 7.05 Å². The zero-order chi connectivity index (χ0) is 19.8. The van der Waals surface area contributed by atoms with Crippen molar-refractivity contribution >= 4 is 33.4 Å². The second kappa shape index (κ2) is 7.44. The second-order valence-electron chi connectivity index (χ2n) is 6.98. The van der Waals surface area contributed by atoms with Gasteiger partial charge in [0.25, 0.3) is 0 Å². The van der Waals surface area contributed by atoms with Crippen molar-refractivity contribution in [3.8, 4) is 5.75 Å². The third kappa shape index (κ3) is 3.69. The Morgan fingerprint density at radius 2 is 2.32 bits per heavy atom. The number of thiazole rings is 1. The molecular weight excluding hydrogens is 383 g/mol. The molecule has 0 radical (unpaired) electrons. The summed E-state index contributed by atoms with van der Waals surface area (Å²) in [5, 5.41) is 7.06. The van der Waals surface area contributed by atoms with Crippen LogP contribution >= 0.6 is 11.3 Å². The van der Waals surface area contributed by atoms with Crippen LogP contribution in [0.1, 0.15) is 25.1 Å². The summed E-state index contributed by atoms with van der Waals surface area (Å²) in [5.74, 6) is -0.0425. The SMILES string of the molecule is CC(=O)Nc1nc(F)c(CN2CC(Oc3ccnc4cnn(C)c34)CC2C)s1. The number of hydrogen-bond acceptors (Lipinski definition) is 7. The Hall–Kier alpha value is -2.59. The van der Waals surface area contributed by atoms with E-state index in [9.17, 15) is 9.18 Å². The highest BCUT2D eigenvalue weighted by atomic mass is 32.1. The van der Waals surface area contributed by atoms with E-state index in [0.29, 0.717) is 18.0 Å². The van der Waals surface area contributed by atoms with Crippen LogP contribution in [0.4, 0.5) is 9.52 Å².